The lowest BCUT2D eigenvalue weighted by Gasteiger charge is -2.15. The van der Waals surface area contributed by atoms with Gasteiger partial charge in [0.1, 0.15) is 12.4 Å². The van der Waals surface area contributed by atoms with Crippen molar-refractivity contribution in [2.75, 3.05) is 32.8 Å². The fraction of sp³-hybridized carbons (Fsp3) is 0.308. The molecule has 5 rings (SSSR count). The van der Waals surface area contributed by atoms with Gasteiger partial charge in [-0.3, -0.25) is 15.4 Å². The van der Waals surface area contributed by atoms with Crippen LogP contribution in [0, 0.1) is 5.41 Å². The molecule has 2 heterocycles. The number of nitrogens with zero attached hydrogens (tertiary/aromatic N) is 2. The van der Waals surface area contributed by atoms with Gasteiger partial charge in [0.15, 0.2) is 0 Å². The van der Waals surface area contributed by atoms with Gasteiger partial charge in [-0.25, -0.2) is 0 Å². The van der Waals surface area contributed by atoms with E-state index in [4.69, 9.17) is 14.9 Å². The highest BCUT2D eigenvalue weighted by molar-refractivity contribution is 6.01. The fourth-order valence-corrected chi connectivity index (χ4v) is 4.36. The maximum Gasteiger partial charge on any atom is 0.213 e. The number of nitrogens with one attached hydrogen (secondary N) is 2. The molecule has 1 fully saturated rings. The van der Waals surface area contributed by atoms with Crippen LogP contribution in [0.2, 0.25) is 0 Å². The van der Waals surface area contributed by atoms with Gasteiger partial charge in [0.2, 0.25) is 5.90 Å². The maximum absolute atomic E-state index is 8.10. The zero-order valence-electron chi connectivity index (χ0n) is 18.4. The summed E-state index contributed by atoms with van der Waals surface area (Å²) in [6.07, 6.45) is 2.60. The first-order valence-corrected chi connectivity index (χ1v) is 11.3. The third-order valence-electron chi connectivity index (χ3n) is 6.07. The molecule has 0 spiro atoms. The normalized spacial score (nSPS) is 14.3. The lowest BCUT2D eigenvalue weighted by Crippen LogP contribution is -2.25. The first-order valence-electron chi connectivity index (χ1n) is 11.3. The Bertz CT molecular complexity index is 1260. The minimum absolute atomic E-state index is 0.177. The second kappa shape index (κ2) is 9.01. The molecule has 32 heavy (non-hydrogen) atoms. The van der Waals surface area contributed by atoms with Crippen LogP contribution in [0.15, 0.2) is 54.6 Å². The number of aromatic amines is 1. The van der Waals surface area contributed by atoms with E-state index in [1.54, 1.807) is 0 Å². The van der Waals surface area contributed by atoms with Gasteiger partial charge in [0.25, 0.3) is 0 Å². The SMILES string of the molecule is CCOC(=N)c1ccc2[nH]nc(-c3ccc4ccc(OCCN5CCCC5)cc4c3)c2c1. The Morgan fingerprint density at radius 3 is 2.72 bits per heavy atom. The second-order valence-electron chi connectivity index (χ2n) is 8.22. The van der Waals surface area contributed by atoms with Gasteiger partial charge in [-0.1, -0.05) is 18.2 Å². The van der Waals surface area contributed by atoms with E-state index in [2.05, 4.69) is 45.4 Å². The quantitative estimate of drug-likeness (QED) is 0.313. The molecule has 0 saturated carbocycles. The Balaban J connectivity index is 1.41. The predicted octanol–water partition coefficient (Wildman–Crippen LogP) is 5.22. The van der Waals surface area contributed by atoms with Gasteiger partial charge < -0.3 is 9.47 Å². The summed E-state index contributed by atoms with van der Waals surface area (Å²) in [6.45, 7) is 6.43. The molecule has 3 aromatic carbocycles. The highest BCUT2D eigenvalue weighted by Gasteiger charge is 2.13. The van der Waals surface area contributed by atoms with Crippen LogP contribution >= 0.6 is 0 Å². The molecule has 164 valence electrons. The van der Waals surface area contributed by atoms with Crippen LogP contribution in [0.25, 0.3) is 32.9 Å². The number of fused-ring (bicyclic) bond motifs is 2. The number of rotatable bonds is 7. The summed E-state index contributed by atoms with van der Waals surface area (Å²) in [5.74, 6) is 1.07. The number of H-pyrrole nitrogens is 1. The van der Waals surface area contributed by atoms with E-state index in [9.17, 15) is 0 Å². The predicted molar refractivity (Wildman–Crippen MR) is 129 cm³/mol. The van der Waals surface area contributed by atoms with E-state index in [1.807, 2.05) is 31.2 Å². The third kappa shape index (κ3) is 4.18. The number of likely N-dealkylation sites (tertiary alicyclic amines) is 1. The van der Waals surface area contributed by atoms with Gasteiger partial charge >= 0.3 is 0 Å². The molecule has 1 aliphatic rings. The van der Waals surface area contributed by atoms with Crippen molar-refractivity contribution in [1.82, 2.24) is 15.1 Å². The summed E-state index contributed by atoms with van der Waals surface area (Å²) in [5.41, 5.74) is 3.58. The molecule has 0 amide bonds. The standard InChI is InChI=1S/C26H28N4O2/c1-2-31-26(27)20-8-10-24-23(17-20)25(29-28-24)19-6-5-18-7-9-22(16-21(18)15-19)32-14-13-30-11-3-4-12-30/h5-10,15-17,27H,2-4,11-14H2,1H3,(H,28,29). The lowest BCUT2D eigenvalue weighted by atomic mass is 10.0. The van der Waals surface area contributed by atoms with E-state index >= 15 is 0 Å². The number of aromatic nitrogens is 2. The minimum Gasteiger partial charge on any atom is -0.492 e. The van der Waals surface area contributed by atoms with E-state index in [-0.39, 0.29) is 5.90 Å². The largest absolute Gasteiger partial charge is 0.492 e. The Morgan fingerprint density at radius 2 is 1.88 bits per heavy atom. The molecular formula is C26H28N4O2. The van der Waals surface area contributed by atoms with E-state index in [1.165, 1.54) is 31.3 Å². The molecule has 6 heteroatoms. The molecule has 0 bridgehead atoms. The van der Waals surface area contributed by atoms with Crippen molar-refractivity contribution in [2.45, 2.75) is 19.8 Å². The Hall–Kier alpha value is -3.38. The molecule has 1 saturated heterocycles. The van der Waals surface area contributed by atoms with Gasteiger partial charge in [-0.2, -0.15) is 5.10 Å². The highest BCUT2D eigenvalue weighted by atomic mass is 16.5. The first kappa shape index (κ1) is 20.5. The summed E-state index contributed by atoms with van der Waals surface area (Å²) in [6, 6.07) is 18.4. The maximum atomic E-state index is 8.10. The average molecular weight is 429 g/mol. The van der Waals surface area contributed by atoms with Crippen molar-refractivity contribution in [3.05, 3.63) is 60.2 Å². The van der Waals surface area contributed by atoms with Crippen molar-refractivity contribution in [1.29, 1.82) is 5.41 Å². The molecule has 6 nitrogen and oxygen atoms in total. The van der Waals surface area contributed by atoms with Crippen LogP contribution in [-0.2, 0) is 4.74 Å². The summed E-state index contributed by atoms with van der Waals surface area (Å²) >= 11 is 0. The summed E-state index contributed by atoms with van der Waals surface area (Å²) in [5, 5.41) is 19.0. The summed E-state index contributed by atoms with van der Waals surface area (Å²) in [4.78, 5) is 2.46. The molecule has 0 unspecified atom stereocenters. The monoisotopic (exact) mass is 428 g/mol. The molecule has 2 N–H and O–H groups in total. The van der Waals surface area contributed by atoms with Crippen LogP contribution in [0.5, 0.6) is 5.75 Å². The Kier molecular flexibility index (Phi) is 5.77. The van der Waals surface area contributed by atoms with Crippen LogP contribution in [-0.4, -0.2) is 53.8 Å². The summed E-state index contributed by atoms with van der Waals surface area (Å²) < 4.78 is 11.4. The number of hydrogen-bond donors (Lipinski definition) is 2. The van der Waals surface area contributed by atoms with Crippen LogP contribution < -0.4 is 4.74 Å². The first-order chi connectivity index (χ1) is 15.7. The smallest absolute Gasteiger partial charge is 0.213 e. The molecular weight excluding hydrogens is 400 g/mol. The Morgan fingerprint density at radius 1 is 1.03 bits per heavy atom. The highest BCUT2D eigenvalue weighted by Crippen LogP contribution is 2.31. The van der Waals surface area contributed by atoms with Crippen molar-refractivity contribution in [3.8, 4) is 17.0 Å². The van der Waals surface area contributed by atoms with Gasteiger partial charge in [0.05, 0.1) is 17.8 Å². The van der Waals surface area contributed by atoms with Crippen LogP contribution in [0.1, 0.15) is 25.3 Å². The van der Waals surface area contributed by atoms with Crippen LogP contribution in [0.4, 0.5) is 0 Å². The zero-order valence-corrected chi connectivity index (χ0v) is 18.4. The minimum atomic E-state index is 0.177. The Labute approximate surface area is 187 Å². The number of hydrogen-bond acceptors (Lipinski definition) is 5. The van der Waals surface area contributed by atoms with Gasteiger partial charge in [-0.15, -0.1) is 0 Å². The van der Waals surface area contributed by atoms with Gasteiger partial charge in [-0.05, 0) is 80.0 Å². The van der Waals surface area contributed by atoms with Crippen molar-refractivity contribution < 1.29 is 9.47 Å². The summed E-state index contributed by atoms with van der Waals surface area (Å²) in [7, 11) is 0. The van der Waals surface area contributed by atoms with Crippen molar-refractivity contribution in [3.63, 3.8) is 0 Å². The van der Waals surface area contributed by atoms with Crippen molar-refractivity contribution >= 4 is 27.6 Å². The molecule has 0 atom stereocenters. The van der Waals surface area contributed by atoms with E-state index < -0.39 is 0 Å². The second-order valence-corrected chi connectivity index (χ2v) is 8.22. The molecule has 4 aromatic rings. The topological polar surface area (TPSA) is 74.2 Å². The number of benzene rings is 3. The molecule has 1 aliphatic heterocycles. The zero-order chi connectivity index (χ0) is 21.9. The van der Waals surface area contributed by atoms with Crippen LogP contribution in [0.3, 0.4) is 0 Å². The van der Waals surface area contributed by atoms with E-state index in [0.717, 1.165) is 45.4 Å². The fourth-order valence-electron chi connectivity index (χ4n) is 4.36. The molecule has 1 aromatic heterocycles. The number of ether oxygens (including phenoxy) is 2. The van der Waals surface area contributed by atoms with Crippen molar-refractivity contribution in [2.24, 2.45) is 0 Å². The van der Waals surface area contributed by atoms with E-state index in [0.29, 0.717) is 13.2 Å². The molecule has 0 radical (unpaired) electrons. The molecule has 0 aliphatic carbocycles. The third-order valence-corrected chi connectivity index (χ3v) is 6.07. The van der Waals surface area contributed by atoms with Gasteiger partial charge in [0, 0.05) is 23.1 Å². The lowest BCUT2D eigenvalue weighted by molar-refractivity contribution is 0.238. The average Bonchev–Trinajstić information content (AvgIpc) is 3.48.